The number of rotatable bonds is 7. The van der Waals surface area contributed by atoms with Gasteiger partial charge in [-0.1, -0.05) is 38.4 Å². The fraction of sp³-hybridized carbons (Fsp3) is 0.500. The second kappa shape index (κ2) is 7.28. The number of nitrogens with two attached hydrogens (primary N) is 1. The standard InChI is InChI=1S/C14H22N2S/c1-3-4-5-6-11(2)16-13-9-7-12(8-10-13)14(15)17/h7-11,16H,3-6H2,1-2H3,(H2,15,17). The summed E-state index contributed by atoms with van der Waals surface area (Å²) in [5, 5.41) is 3.48. The summed E-state index contributed by atoms with van der Waals surface area (Å²) < 4.78 is 0. The van der Waals surface area contributed by atoms with Crippen LogP contribution in [0.3, 0.4) is 0 Å². The van der Waals surface area contributed by atoms with Gasteiger partial charge in [0.2, 0.25) is 0 Å². The lowest BCUT2D eigenvalue weighted by molar-refractivity contribution is 0.615. The molecule has 0 bridgehead atoms. The molecule has 0 aliphatic rings. The average molecular weight is 250 g/mol. The van der Waals surface area contributed by atoms with Gasteiger partial charge in [0.1, 0.15) is 4.99 Å². The largest absolute Gasteiger partial charge is 0.389 e. The van der Waals surface area contributed by atoms with Crippen molar-refractivity contribution in [2.75, 3.05) is 5.32 Å². The lowest BCUT2D eigenvalue weighted by atomic mass is 10.1. The number of hydrogen-bond donors (Lipinski definition) is 2. The Morgan fingerprint density at radius 3 is 2.47 bits per heavy atom. The average Bonchev–Trinajstić information content (AvgIpc) is 2.30. The normalized spacial score (nSPS) is 12.1. The van der Waals surface area contributed by atoms with Gasteiger partial charge in [0.05, 0.1) is 0 Å². The van der Waals surface area contributed by atoms with Crippen LogP contribution < -0.4 is 11.1 Å². The molecule has 3 N–H and O–H groups in total. The molecular formula is C14H22N2S. The third kappa shape index (κ3) is 5.18. The van der Waals surface area contributed by atoms with Gasteiger partial charge in [-0.2, -0.15) is 0 Å². The summed E-state index contributed by atoms with van der Waals surface area (Å²) in [5.74, 6) is 0. The Labute approximate surface area is 110 Å². The van der Waals surface area contributed by atoms with Crippen LogP contribution in [-0.2, 0) is 0 Å². The zero-order valence-electron chi connectivity index (χ0n) is 10.7. The lowest BCUT2D eigenvalue weighted by Gasteiger charge is -2.15. The predicted octanol–water partition coefficient (Wildman–Crippen LogP) is 3.70. The second-order valence-electron chi connectivity index (χ2n) is 4.48. The first-order valence-corrected chi connectivity index (χ1v) is 6.70. The van der Waals surface area contributed by atoms with E-state index in [1.165, 1.54) is 25.7 Å². The van der Waals surface area contributed by atoms with Crippen LogP contribution in [0.4, 0.5) is 5.69 Å². The fourth-order valence-electron chi connectivity index (χ4n) is 1.79. The van der Waals surface area contributed by atoms with E-state index < -0.39 is 0 Å². The van der Waals surface area contributed by atoms with Crippen molar-refractivity contribution in [1.29, 1.82) is 0 Å². The van der Waals surface area contributed by atoms with E-state index in [-0.39, 0.29) is 0 Å². The van der Waals surface area contributed by atoms with Crippen molar-refractivity contribution in [1.82, 2.24) is 0 Å². The topological polar surface area (TPSA) is 38.0 Å². The Kier molecular flexibility index (Phi) is 5.98. The summed E-state index contributed by atoms with van der Waals surface area (Å²) in [4.78, 5) is 0.451. The molecule has 3 heteroatoms. The van der Waals surface area contributed by atoms with Crippen LogP contribution >= 0.6 is 12.2 Å². The van der Waals surface area contributed by atoms with Gasteiger partial charge >= 0.3 is 0 Å². The molecule has 0 spiro atoms. The smallest absolute Gasteiger partial charge is 0.103 e. The molecule has 1 rings (SSSR count). The van der Waals surface area contributed by atoms with E-state index in [9.17, 15) is 0 Å². The van der Waals surface area contributed by atoms with Crippen LogP contribution in [0, 0.1) is 0 Å². The maximum atomic E-state index is 5.56. The van der Waals surface area contributed by atoms with Gasteiger partial charge in [0.15, 0.2) is 0 Å². The summed E-state index contributed by atoms with van der Waals surface area (Å²) in [6.07, 6.45) is 5.09. The van der Waals surface area contributed by atoms with Crippen LogP contribution in [0.5, 0.6) is 0 Å². The van der Waals surface area contributed by atoms with Crippen molar-refractivity contribution in [2.45, 2.75) is 45.6 Å². The highest BCUT2D eigenvalue weighted by molar-refractivity contribution is 7.80. The molecule has 0 aliphatic carbocycles. The summed E-state index contributed by atoms with van der Waals surface area (Å²) in [6, 6.07) is 8.50. The first-order chi connectivity index (χ1) is 8.13. The number of benzene rings is 1. The maximum absolute atomic E-state index is 5.56. The molecule has 1 aromatic rings. The lowest BCUT2D eigenvalue weighted by Crippen LogP contribution is -2.15. The quantitative estimate of drug-likeness (QED) is 0.572. The molecule has 0 amide bonds. The Balaban J connectivity index is 2.43. The molecule has 1 aromatic carbocycles. The van der Waals surface area contributed by atoms with E-state index in [1.807, 2.05) is 24.3 Å². The molecular weight excluding hydrogens is 228 g/mol. The number of hydrogen-bond acceptors (Lipinski definition) is 2. The van der Waals surface area contributed by atoms with Crippen molar-refractivity contribution in [3.63, 3.8) is 0 Å². The van der Waals surface area contributed by atoms with Gasteiger partial charge in [-0.15, -0.1) is 0 Å². The highest BCUT2D eigenvalue weighted by atomic mass is 32.1. The molecule has 1 atom stereocenters. The van der Waals surface area contributed by atoms with Gasteiger partial charge in [-0.3, -0.25) is 0 Å². The molecule has 0 aliphatic heterocycles. The van der Waals surface area contributed by atoms with Gasteiger partial charge in [-0.25, -0.2) is 0 Å². The van der Waals surface area contributed by atoms with E-state index in [1.54, 1.807) is 0 Å². The van der Waals surface area contributed by atoms with E-state index in [0.29, 0.717) is 11.0 Å². The SMILES string of the molecule is CCCCCC(C)Nc1ccc(C(N)=S)cc1. The van der Waals surface area contributed by atoms with Crippen molar-refractivity contribution < 1.29 is 0 Å². The molecule has 0 aromatic heterocycles. The highest BCUT2D eigenvalue weighted by Gasteiger charge is 2.02. The maximum Gasteiger partial charge on any atom is 0.103 e. The zero-order valence-corrected chi connectivity index (χ0v) is 11.5. The summed E-state index contributed by atoms with van der Waals surface area (Å²) in [6.45, 7) is 4.45. The molecule has 0 radical (unpaired) electrons. The number of thiocarbonyl (C=S) groups is 1. The molecule has 1 unspecified atom stereocenters. The van der Waals surface area contributed by atoms with Crippen LogP contribution in [0.1, 0.15) is 45.1 Å². The van der Waals surface area contributed by atoms with Gasteiger partial charge in [0, 0.05) is 17.3 Å². The Morgan fingerprint density at radius 2 is 1.94 bits per heavy atom. The summed E-state index contributed by atoms with van der Waals surface area (Å²) in [7, 11) is 0. The first kappa shape index (κ1) is 14.0. The summed E-state index contributed by atoms with van der Waals surface area (Å²) >= 11 is 4.92. The van der Waals surface area contributed by atoms with Crippen molar-refractivity contribution in [2.24, 2.45) is 5.73 Å². The minimum Gasteiger partial charge on any atom is -0.389 e. The molecule has 17 heavy (non-hydrogen) atoms. The molecule has 94 valence electrons. The van der Waals surface area contributed by atoms with Crippen molar-refractivity contribution in [3.05, 3.63) is 29.8 Å². The van der Waals surface area contributed by atoms with Gasteiger partial charge in [0.25, 0.3) is 0 Å². The van der Waals surface area contributed by atoms with E-state index in [4.69, 9.17) is 18.0 Å². The third-order valence-corrected chi connectivity index (χ3v) is 3.06. The third-order valence-electron chi connectivity index (χ3n) is 2.82. The van der Waals surface area contributed by atoms with Crippen LogP contribution in [0.15, 0.2) is 24.3 Å². The Bertz CT molecular complexity index is 346. The minimum atomic E-state index is 0.451. The van der Waals surface area contributed by atoms with Crippen LogP contribution in [0.25, 0.3) is 0 Å². The number of unbranched alkanes of at least 4 members (excludes halogenated alkanes) is 2. The Hall–Kier alpha value is -1.09. The first-order valence-electron chi connectivity index (χ1n) is 6.30. The monoisotopic (exact) mass is 250 g/mol. The molecule has 2 nitrogen and oxygen atoms in total. The van der Waals surface area contributed by atoms with Crippen LogP contribution in [0.2, 0.25) is 0 Å². The molecule has 0 saturated carbocycles. The number of anilines is 1. The van der Waals surface area contributed by atoms with E-state index in [0.717, 1.165) is 11.3 Å². The zero-order chi connectivity index (χ0) is 12.7. The van der Waals surface area contributed by atoms with Crippen LogP contribution in [-0.4, -0.2) is 11.0 Å². The van der Waals surface area contributed by atoms with Gasteiger partial charge < -0.3 is 11.1 Å². The van der Waals surface area contributed by atoms with Gasteiger partial charge in [-0.05, 0) is 37.6 Å². The fourth-order valence-corrected chi connectivity index (χ4v) is 1.92. The second-order valence-corrected chi connectivity index (χ2v) is 4.92. The highest BCUT2D eigenvalue weighted by Crippen LogP contribution is 2.13. The summed E-state index contributed by atoms with van der Waals surface area (Å²) in [5.41, 5.74) is 7.61. The Morgan fingerprint density at radius 1 is 1.29 bits per heavy atom. The molecule has 0 fully saturated rings. The van der Waals surface area contributed by atoms with E-state index >= 15 is 0 Å². The van der Waals surface area contributed by atoms with Crippen molar-refractivity contribution in [3.8, 4) is 0 Å². The predicted molar refractivity (Wildman–Crippen MR) is 79.6 cm³/mol. The van der Waals surface area contributed by atoms with Crippen molar-refractivity contribution >= 4 is 22.9 Å². The molecule has 0 heterocycles. The van der Waals surface area contributed by atoms with E-state index in [2.05, 4.69) is 19.2 Å². The minimum absolute atomic E-state index is 0.451. The number of nitrogens with one attached hydrogen (secondary N) is 1. The molecule has 0 saturated heterocycles.